The van der Waals surface area contributed by atoms with Crippen LogP contribution >= 0.6 is 0 Å². The van der Waals surface area contributed by atoms with Crippen LogP contribution in [-0.2, 0) is 7.05 Å². The van der Waals surface area contributed by atoms with Crippen molar-refractivity contribution in [2.45, 2.75) is 46.5 Å². The SMILES string of the molecule is [2H]c1cc([2H])c(C)c(-c2c3ccc(C(CC)CC)cc3cc(C)[n+]2C)c1. The molecule has 0 amide bonds. The third-order valence-electron chi connectivity index (χ3n) is 5.28. The van der Waals surface area contributed by atoms with Crippen LogP contribution in [0.5, 0.6) is 0 Å². The molecule has 24 heavy (non-hydrogen) atoms. The minimum absolute atomic E-state index is 0.388. The summed E-state index contributed by atoms with van der Waals surface area (Å²) in [6.45, 7) is 8.59. The molecule has 0 atom stereocenters. The predicted molar refractivity (Wildman–Crippen MR) is 103 cm³/mol. The van der Waals surface area contributed by atoms with E-state index in [9.17, 15) is 0 Å². The quantitative estimate of drug-likeness (QED) is 0.531. The minimum Gasteiger partial charge on any atom is -0.198 e. The number of hydrogen-bond acceptors (Lipinski definition) is 0. The zero-order valence-corrected chi connectivity index (χ0v) is 15.4. The van der Waals surface area contributed by atoms with Gasteiger partial charge in [0.2, 0.25) is 5.69 Å². The Hall–Kier alpha value is -2.15. The van der Waals surface area contributed by atoms with Gasteiger partial charge in [0.05, 0.1) is 8.13 Å². The highest BCUT2D eigenvalue weighted by atomic mass is 14.9. The van der Waals surface area contributed by atoms with E-state index in [0.29, 0.717) is 18.0 Å². The highest BCUT2D eigenvalue weighted by Gasteiger charge is 2.20. The smallest absolute Gasteiger partial charge is 0.198 e. The van der Waals surface area contributed by atoms with Crippen molar-refractivity contribution in [2.24, 2.45) is 7.05 Å². The van der Waals surface area contributed by atoms with Gasteiger partial charge in [0.15, 0.2) is 5.69 Å². The molecule has 0 aliphatic rings. The van der Waals surface area contributed by atoms with E-state index >= 15 is 0 Å². The number of pyridine rings is 1. The summed E-state index contributed by atoms with van der Waals surface area (Å²) in [4.78, 5) is 0. The van der Waals surface area contributed by atoms with Crippen molar-refractivity contribution in [3.05, 3.63) is 65.3 Å². The maximum absolute atomic E-state index is 8.19. The molecule has 0 N–H and O–H groups in total. The molecular weight excluding hydrogens is 290 g/mol. The summed E-state index contributed by atoms with van der Waals surface area (Å²) in [5.41, 5.74) is 5.57. The van der Waals surface area contributed by atoms with E-state index in [1.54, 1.807) is 6.07 Å². The molecule has 3 rings (SSSR count). The van der Waals surface area contributed by atoms with Crippen molar-refractivity contribution in [1.82, 2.24) is 0 Å². The lowest BCUT2D eigenvalue weighted by Crippen LogP contribution is -2.35. The summed E-state index contributed by atoms with van der Waals surface area (Å²) < 4.78 is 18.4. The van der Waals surface area contributed by atoms with E-state index in [1.807, 2.05) is 13.0 Å². The second-order valence-electron chi connectivity index (χ2n) is 6.69. The molecule has 0 fully saturated rings. The fourth-order valence-electron chi connectivity index (χ4n) is 3.64. The molecule has 2 aromatic carbocycles. The molecule has 0 bridgehead atoms. The minimum atomic E-state index is 0.388. The van der Waals surface area contributed by atoms with E-state index < -0.39 is 0 Å². The van der Waals surface area contributed by atoms with Gasteiger partial charge in [0, 0.05) is 18.6 Å². The Balaban J connectivity index is 2.34. The Labute approximate surface area is 148 Å². The molecule has 0 saturated carbocycles. The van der Waals surface area contributed by atoms with Crippen LogP contribution in [0, 0.1) is 13.8 Å². The summed E-state index contributed by atoms with van der Waals surface area (Å²) in [6.07, 6.45) is 2.30. The Bertz CT molecular complexity index is 972. The van der Waals surface area contributed by atoms with E-state index in [2.05, 4.69) is 56.7 Å². The fourth-order valence-corrected chi connectivity index (χ4v) is 3.64. The number of nitrogens with zero attached hydrogens (tertiary/aromatic N) is 1. The molecular formula is C23H28N+. The molecule has 0 aliphatic heterocycles. The molecule has 0 spiro atoms. The highest BCUT2D eigenvalue weighted by molar-refractivity contribution is 5.94. The third kappa shape index (κ3) is 2.84. The normalized spacial score (nSPS) is 12.6. The number of benzene rings is 2. The van der Waals surface area contributed by atoms with Crippen LogP contribution in [0.15, 0.2) is 48.5 Å². The van der Waals surface area contributed by atoms with Gasteiger partial charge in [-0.05, 0) is 54.3 Å². The van der Waals surface area contributed by atoms with E-state index in [4.69, 9.17) is 2.74 Å². The van der Waals surface area contributed by atoms with Crippen molar-refractivity contribution in [2.75, 3.05) is 0 Å². The number of aryl methyl sites for hydroxylation is 1. The monoisotopic (exact) mass is 320 g/mol. The van der Waals surface area contributed by atoms with Crippen LogP contribution in [0.2, 0.25) is 0 Å². The molecule has 3 aromatic rings. The summed E-state index contributed by atoms with van der Waals surface area (Å²) in [7, 11) is 2.07. The lowest BCUT2D eigenvalue weighted by Gasteiger charge is -2.15. The van der Waals surface area contributed by atoms with Gasteiger partial charge in [-0.2, -0.15) is 4.57 Å². The lowest BCUT2D eigenvalue weighted by molar-refractivity contribution is -0.665. The molecule has 0 unspecified atom stereocenters. The van der Waals surface area contributed by atoms with Crippen molar-refractivity contribution in [3.63, 3.8) is 0 Å². The zero-order valence-electron chi connectivity index (χ0n) is 17.4. The van der Waals surface area contributed by atoms with Crippen LogP contribution in [0.4, 0.5) is 0 Å². The van der Waals surface area contributed by atoms with Crippen molar-refractivity contribution >= 4 is 10.8 Å². The maximum atomic E-state index is 8.19. The lowest BCUT2D eigenvalue weighted by atomic mass is 9.91. The second kappa shape index (κ2) is 6.76. The number of aromatic nitrogens is 1. The molecule has 124 valence electrons. The second-order valence-corrected chi connectivity index (χ2v) is 6.69. The third-order valence-corrected chi connectivity index (χ3v) is 5.28. The summed E-state index contributed by atoms with van der Waals surface area (Å²) in [6, 6.07) is 13.3. The first kappa shape index (κ1) is 14.2. The van der Waals surface area contributed by atoms with Crippen LogP contribution in [0.3, 0.4) is 0 Å². The molecule has 1 heterocycles. The van der Waals surface area contributed by atoms with Gasteiger partial charge >= 0.3 is 0 Å². The number of fused-ring (bicyclic) bond motifs is 1. The van der Waals surface area contributed by atoms with E-state index in [1.165, 1.54) is 22.0 Å². The molecule has 1 aromatic heterocycles. The van der Waals surface area contributed by atoms with E-state index in [0.717, 1.165) is 29.7 Å². The Kier molecular flexibility index (Phi) is 4.01. The van der Waals surface area contributed by atoms with Gasteiger partial charge in [-0.3, -0.25) is 0 Å². The first-order chi connectivity index (χ1) is 12.4. The topological polar surface area (TPSA) is 3.88 Å². The van der Waals surface area contributed by atoms with Gasteiger partial charge in [-0.1, -0.05) is 44.1 Å². The largest absolute Gasteiger partial charge is 0.220 e. The molecule has 0 radical (unpaired) electrons. The zero-order chi connectivity index (χ0) is 19.0. The number of rotatable bonds is 4. The molecule has 0 aliphatic carbocycles. The van der Waals surface area contributed by atoms with Crippen LogP contribution in [0.1, 0.15) is 52.2 Å². The highest BCUT2D eigenvalue weighted by Crippen LogP contribution is 2.32. The Morgan fingerprint density at radius 1 is 1.08 bits per heavy atom. The van der Waals surface area contributed by atoms with Crippen molar-refractivity contribution in [1.29, 1.82) is 0 Å². The van der Waals surface area contributed by atoms with Crippen molar-refractivity contribution in [3.8, 4) is 11.3 Å². The average Bonchev–Trinajstić information content (AvgIpc) is 2.61. The van der Waals surface area contributed by atoms with Crippen LogP contribution in [0.25, 0.3) is 22.0 Å². The Morgan fingerprint density at radius 2 is 1.83 bits per heavy atom. The molecule has 0 saturated heterocycles. The van der Waals surface area contributed by atoms with Gasteiger partial charge in [0.25, 0.3) is 0 Å². The Morgan fingerprint density at radius 3 is 2.54 bits per heavy atom. The van der Waals surface area contributed by atoms with Crippen molar-refractivity contribution < 1.29 is 7.31 Å². The van der Waals surface area contributed by atoms with Crippen LogP contribution in [-0.4, -0.2) is 0 Å². The average molecular weight is 320 g/mol. The standard InChI is InChI=1S/C23H28N/c1-6-18(7-2)19-12-13-22-20(15-19)14-17(4)24(5)23(22)21-11-9-8-10-16(21)3/h8-15,18H,6-7H2,1-5H3/q+1/i9D,10D. The maximum Gasteiger partial charge on any atom is 0.220 e. The predicted octanol–water partition coefficient (Wildman–Crippen LogP) is 5.85. The molecule has 1 nitrogen and oxygen atoms in total. The summed E-state index contributed by atoms with van der Waals surface area (Å²) in [5, 5.41) is 2.42. The first-order valence-electron chi connectivity index (χ1n) is 9.88. The molecule has 1 heteroatoms. The first-order valence-corrected chi connectivity index (χ1v) is 8.88. The summed E-state index contributed by atoms with van der Waals surface area (Å²) >= 11 is 0. The van der Waals surface area contributed by atoms with Crippen LogP contribution < -0.4 is 4.57 Å². The van der Waals surface area contributed by atoms with E-state index in [-0.39, 0.29) is 0 Å². The fraction of sp³-hybridized carbons (Fsp3) is 0.348. The number of hydrogen-bond donors (Lipinski definition) is 0. The van der Waals surface area contributed by atoms with Gasteiger partial charge in [0.1, 0.15) is 7.05 Å². The van der Waals surface area contributed by atoms with Gasteiger partial charge < -0.3 is 0 Å². The van der Waals surface area contributed by atoms with Gasteiger partial charge in [-0.15, -0.1) is 0 Å². The summed E-state index contributed by atoms with van der Waals surface area (Å²) in [5.74, 6) is 0.593. The van der Waals surface area contributed by atoms with Gasteiger partial charge in [-0.25, -0.2) is 0 Å².